The maximum absolute atomic E-state index is 10.0. The molecular formula is C13H18N2O. The average Bonchev–Trinajstić information content (AvgIpc) is 2.29. The quantitative estimate of drug-likeness (QED) is 0.700. The zero-order valence-corrected chi connectivity index (χ0v) is 9.39. The number of anilines is 1. The van der Waals surface area contributed by atoms with E-state index in [2.05, 4.69) is 11.0 Å². The van der Waals surface area contributed by atoms with E-state index in [1.54, 1.807) is 6.07 Å². The molecule has 3 rings (SSSR count). The Labute approximate surface area is 95.9 Å². The lowest BCUT2D eigenvalue weighted by atomic mass is 9.88. The third-order valence-corrected chi connectivity index (χ3v) is 3.89. The highest BCUT2D eigenvalue weighted by atomic mass is 16.3. The van der Waals surface area contributed by atoms with Crippen molar-refractivity contribution >= 4 is 5.69 Å². The molecule has 2 heterocycles. The maximum Gasteiger partial charge on any atom is 0.139 e. The van der Waals surface area contributed by atoms with E-state index in [-0.39, 0.29) is 6.17 Å². The van der Waals surface area contributed by atoms with Gasteiger partial charge in [0.1, 0.15) is 5.75 Å². The van der Waals surface area contributed by atoms with E-state index >= 15 is 0 Å². The molecule has 0 radical (unpaired) electrons. The molecule has 3 heteroatoms. The van der Waals surface area contributed by atoms with Crippen molar-refractivity contribution in [2.24, 2.45) is 5.73 Å². The summed E-state index contributed by atoms with van der Waals surface area (Å²) in [5.74, 6) is 0.388. The van der Waals surface area contributed by atoms with Crippen molar-refractivity contribution in [1.82, 2.24) is 0 Å². The second kappa shape index (κ2) is 3.67. The van der Waals surface area contributed by atoms with Gasteiger partial charge in [-0.15, -0.1) is 0 Å². The molecule has 1 fully saturated rings. The van der Waals surface area contributed by atoms with Gasteiger partial charge in [0, 0.05) is 6.04 Å². The predicted octanol–water partition coefficient (Wildman–Crippen LogP) is 1.98. The minimum atomic E-state index is 0.0751. The molecule has 0 spiro atoms. The molecule has 16 heavy (non-hydrogen) atoms. The monoisotopic (exact) mass is 218 g/mol. The lowest BCUT2D eigenvalue weighted by molar-refractivity contribution is 0.353. The van der Waals surface area contributed by atoms with Crippen molar-refractivity contribution < 1.29 is 5.11 Å². The van der Waals surface area contributed by atoms with Crippen LogP contribution >= 0.6 is 0 Å². The Hall–Kier alpha value is -1.22. The second-order valence-electron chi connectivity index (χ2n) is 4.88. The van der Waals surface area contributed by atoms with Crippen LogP contribution in [0.5, 0.6) is 5.75 Å². The van der Waals surface area contributed by atoms with Gasteiger partial charge in [0.2, 0.25) is 0 Å². The SMILES string of the molecule is NC1CCCC2CCc3cccc(O)c3N12. The van der Waals surface area contributed by atoms with Crippen LogP contribution in [0.1, 0.15) is 31.2 Å². The largest absolute Gasteiger partial charge is 0.506 e. The lowest BCUT2D eigenvalue weighted by Gasteiger charge is -2.46. The Kier molecular flexibility index (Phi) is 2.28. The first-order valence-corrected chi connectivity index (χ1v) is 6.12. The first-order valence-electron chi connectivity index (χ1n) is 6.12. The zero-order chi connectivity index (χ0) is 11.1. The Balaban J connectivity index is 2.08. The molecule has 1 saturated heterocycles. The molecule has 2 atom stereocenters. The summed E-state index contributed by atoms with van der Waals surface area (Å²) < 4.78 is 0. The number of benzene rings is 1. The molecule has 3 nitrogen and oxygen atoms in total. The minimum absolute atomic E-state index is 0.0751. The number of phenolic OH excluding ortho intramolecular Hbond substituents is 1. The Morgan fingerprint density at radius 2 is 2.12 bits per heavy atom. The van der Waals surface area contributed by atoms with Crippen LogP contribution in [0.15, 0.2) is 18.2 Å². The van der Waals surface area contributed by atoms with E-state index in [0.717, 1.165) is 18.5 Å². The first-order chi connectivity index (χ1) is 7.77. The maximum atomic E-state index is 10.0. The fraction of sp³-hybridized carbons (Fsp3) is 0.538. The van der Waals surface area contributed by atoms with Gasteiger partial charge in [-0.1, -0.05) is 12.1 Å². The lowest BCUT2D eigenvalue weighted by Crippen LogP contribution is -2.53. The molecular weight excluding hydrogens is 200 g/mol. The van der Waals surface area contributed by atoms with Gasteiger partial charge in [-0.25, -0.2) is 0 Å². The standard InChI is InChI=1S/C13H18N2O/c14-12-6-2-4-10-8-7-9-3-1-5-11(16)13(9)15(10)12/h1,3,5,10,12,16H,2,4,6-8,14H2. The number of piperidine rings is 1. The summed E-state index contributed by atoms with van der Waals surface area (Å²) in [6, 6.07) is 6.32. The molecule has 2 unspecified atom stereocenters. The number of fused-ring (bicyclic) bond motifs is 3. The van der Waals surface area contributed by atoms with Crippen molar-refractivity contribution in [1.29, 1.82) is 0 Å². The van der Waals surface area contributed by atoms with Gasteiger partial charge in [-0.2, -0.15) is 0 Å². The van der Waals surface area contributed by atoms with Crippen LogP contribution in [0.4, 0.5) is 5.69 Å². The molecule has 86 valence electrons. The summed E-state index contributed by atoms with van der Waals surface area (Å²) >= 11 is 0. The Morgan fingerprint density at radius 1 is 1.25 bits per heavy atom. The number of phenols is 1. The van der Waals surface area contributed by atoms with Gasteiger partial charge in [0.25, 0.3) is 0 Å². The van der Waals surface area contributed by atoms with Crippen molar-refractivity contribution in [3.8, 4) is 5.75 Å². The number of hydrogen-bond acceptors (Lipinski definition) is 3. The molecule has 0 amide bonds. The first kappa shape index (κ1) is 9.97. The highest BCUT2D eigenvalue weighted by Gasteiger charge is 2.34. The van der Waals surface area contributed by atoms with Crippen molar-refractivity contribution in [3.05, 3.63) is 23.8 Å². The highest BCUT2D eigenvalue weighted by Crippen LogP contribution is 2.41. The third-order valence-electron chi connectivity index (χ3n) is 3.89. The number of para-hydroxylation sites is 1. The number of rotatable bonds is 0. The summed E-state index contributed by atoms with van der Waals surface area (Å²) in [7, 11) is 0. The van der Waals surface area contributed by atoms with E-state index in [9.17, 15) is 5.11 Å². The number of hydrogen-bond donors (Lipinski definition) is 2. The number of nitrogens with two attached hydrogens (primary N) is 1. The summed E-state index contributed by atoms with van der Waals surface area (Å²) in [5.41, 5.74) is 8.42. The molecule has 2 aliphatic rings. The number of aromatic hydroxyl groups is 1. The van der Waals surface area contributed by atoms with E-state index in [1.165, 1.54) is 24.8 Å². The number of aryl methyl sites for hydroxylation is 1. The van der Waals surface area contributed by atoms with Gasteiger partial charge in [-0.3, -0.25) is 0 Å². The zero-order valence-electron chi connectivity index (χ0n) is 9.39. The molecule has 0 aromatic heterocycles. The van der Waals surface area contributed by atoms with Crippen LogP contribution in [-0.2, 0) is 6.42 Å². The summed E-state index contributed by atoms with van der Waals surface area (Å²) in [5, 5.41) is 10.0. The highest BCUT2D eigenvalue weighted by molar-refractivity contribution is 5.66. The number of nitrogens with zero attached hydrogens (tertiary/aromatic N) is 1. The Bertz CT molecular complexity index is 405. The van der Waals surface area contributed by atoms with Crippen LogP contribution < -0.4 is 10.6 Å². The van der Waals surface area contributed by atoms with Crippen molar-refractivity contribution in [2.75, 3.05) is 4.90 Å². The van der Waals surface area contributed by atoms with E-state index in [4.69, 9.17) is 5.73 Å². The fourth-order valence-corrected chi connectivity index (χ4v) is 3.14. The third kappa shape index (κ3) is 1.39. The smallest absolute Gasteiger partial charge is 0.139 e. The van der Waals surface area contributed by atoms with Crippen LogP contribution in [0.2, 0.25) is 0 Å². The van der Waals surface area contributed by atoms with Crippen LogP contribution in [0.25, 0.3) is 0 Å². The summed E-state index contributed by atoms with van der Waals surface area (Å²) in [6.07, 6.45) is 5.77. The predicted molar refractivity (Wildman–Crippen MR) is 64.5 cm³/mol. The van der Waals surface area contributed by atoms with Crippen molar-refractivity contribution in [3.63, 3.8) is 0 Å². The average molecular weight is 218 g/mol. The van der Waals surface area contributed by atoms with Crippen molar-refractivity contribution in [2.45, 2.75) is 44.3 Å². The summed E-state index contributed by atoms with van der Waals surface area (Å²) in [4.78, 5) is 2.25. The van der Waals surface area contributed by atoms with Crippen LogP contribution in [0.3, 0.4) is 0 Å². The summed E-state index contributed by atoms with van der Waals surface area (Å²) in [6.45, 7) is 0. The Morgan fingerprint density at radius 3 is 3.00 bits per heavy atom. The van der Waals surface area contributed by atoms with Gasteiger partial charge < -0.3 is 15.7 Å². The molecule has 0 aliphatic carbocycles. The van der Waals surface area contributed by atoms with Gasteiger partial charge in [-0.05, 0) is 43.7 Å². The van der Waals surface area contributed by atoms with Gasteiger partial charge in [0.05, 0.1) is 11.9 Å². The van der Waals surface area contributed by atoms with Crippen LogP contribution in [-0.4, -0.2) is 17.3 Å². The molecule has 2 aliphatic heterocycles. The molecule has 0 bridgehead atoms. The van der Waals surface area contributed by atoms with E-state index in [0.29, 0.717) is 11.8 Å². The van der Waals surface area contributed by atoms with Gasteiger partial charge >= 0.3 is 0 Å². The molecule has 3 N–H and O–H groups in total. The normalized spacial score (nSPS) is 28.4. The second-order valence-corrected chi connectivity index (χ2v) is 4.88. The van der Waals surface area contributed by atoms with E-state index in [1.807, 2.05) is 6.07 Å². The van der Waals surface area contributed by atoms with E-state index < -0.39 is 0 Å². The fourth-order valence-electron chi connectivity index (χ4n) is 3.14. The molecule has 1 aromatic rings. The van der Waals surface area contributed by atoms with Gasteiger partial charge in [0.15, 0.2) is 0 Å². The topological polar surface area (TPSA) is 49.5 Å². The molecule has 0 saturated carbocycles. The minimum Gasteiger partial charge on any atom is -0.506 e. The van der Waals surface area contributed by atoms with Crippen LogP contribution in [0, 0.1) is 0 Å². The molecule has 1 aromatic carbocycles.